The maximum absolute atomic E-state index is 11.4. The van der Waals surface area contributed by atoms with Gasteiger partial charge in [-0.15, -0.1) is 10.2 Å². The minimum Gasteiger partial charge on any atom is -0.361 e. The number of carbonyl (C=O) groups is 1. The van der Waals surface area contributed by atoms with Gasteiger partial charge in [0.1, 0.15) is 18.8 Å². The summed E-state index contributed by atoms with van der Waals surface area (Å²) in [6.45, 7) is 8.32. The summed E-state index contributed by atoms with van der Waals surface area (Å²) >= 11 is 0. The average Bonchev–Trinajstić information content (AvgIpc) is 3.07. The Balaban J connectivity index is 1.61. The second-order valence-electron chi connectivity index (χ2n) is 8.41. The number of hydrogen-bond donors (Lipinski definition) is 0. The number of ether oxygens (including phenoxy) is 1. The zero-order valence-corrected chi connectivity index (χ0v) is 17.1. The van der Waals surface area contributed by atoms with Crippen molar-refractivity contribution < 1.29 is 9.53 Å². The molecule has 1 aliphatic rings. The van der Waals surface area contributed by atoms with Crippen molar-refractivity contribution in [2.45, 2.75) is 64.0 Å². The number of Topliss-reactive ketones (excluding diaryl/α,β-unsaturated/α-hetero) is 1. The Kier molecular flexibility index (Phi) is 6.04. The summed E-state index contributed by atoms with van der Waals surface area (Å²) in [5.74, 6) is 1.74. The first-order valence-corrected chi connectivity index (χ1v) is 13.2. The molecule has 0 spiro atoms. The lowest BCUT2D eigenvalue weighted by atomic mass is 9.83. The number of aromatic nitrogens is 3. The predicted octanol–water partition coefficient (Wildman–Crippen LogP) is 4.48. The topological polar surface area (TPSA) is 57.0 Å². The third-order valence-corrected chi connectivity index (χ3v) is 6.73. The van der Waals surface area contributed by atoms with Gasteiger partial charge in [0, 0.05) is 33.1 Å². The van der Waals surface area contributed by atoms with Gasteiger partial charge in [-0.3, -0.25) is 9.36 Å². The molecular formula is C20H29N3O2Si. The highest BCUT2D eigenvalue weighted by molar-refractivity contribution is 6.76. The molecule has 0 saturated heterocycles. The van der Waals surface area contributed by atoms with E-state index in [0.29, 0.717) is 18.4 Å². The smallest absolute Gasteiger partial charge is 0.165 e. The Morgan fingerprint density at radius 2 is 1.85 bits per heavy atom. The van der Waals surface area contributed by atoms with E-state index in [0.717, 1.165) is 49.7 Å². The largest absolute Gasteiger partial charge is 0.361 e. The molecule has 1 heterocycles. The molecule has 5 nitrogen and oxygen atoms in total. The zero-order valence-electron chi connectivity index (χ0n) is 16.1. The summed E-state index contributed by atoms with van der Waals surface area (Å²) < 4.78 is 7.79. The van der Waals surface area contributed by atoms with Crippen molar-refractivity contribution in [3.8, 4) is 11.4 Å². The summed E-state index contributed by atoms with van der Waals surface area (Å²) in [4.78, 5) is 11.4. The molecule has 0 N–H and O–H groups in total. The van der Waals surface area contributed by atoms with Crippen LogP contribution >= 0.6 is 0 Å². The van der Waals surface area contributed by atoms with Gasteiger partial charge >= 0.3 is 0 Å². The minimum atomic E-state index is -1.07. The lowest BCUT2D eigenvalue weighted by Crippen LogP contribution is -2.22. The number of hydrogen-bond acceptors (Lipinski definition) is 4. The molecule has 3 rings (SSSR count). The lowest BCUT2D eigenvalue weighted by Gasteiger charge is -2.21. The lowest BCUT2D eigenvalue weighted by molar-refractivity contribution is -0.120. The Hall–Kier alpha value is -1.79. The zero-order chi connectivity index (χ0) is 18.6. The van der Waals surface area contributed by atoms with Crippen LogP contribution in [0.15, 0.2) is 30.6 Å². The second kappa shape index (κ2) is 8.27. The summed E-state index contributed by atoms with van der Waals surface area (Å²) in [6, 6.07) is 9.70. The van der Waals surface area contributed by atoms with Crippen LogP contribution in [0.25, 0.3) is 11.4 Å². The van der Waals surface area contributed by atoms with Crippen molar-refractivity contribution in [2.75, 3.05) is 6.61 Å². The third kappa shape index (κ3) is 5.11. The van der Waals surface area contributed by atoms with Crippen LogP contribution in [0.3, 0.4) is 0 Å². The van der Waals surface area contributed by atoms with Crippen molar-refractivity contribution in [3.05, 3.63) is 36.2 Å². The molecule has 6 heteroatoms. The maximum Gasteiger partial charge on any atom is 0.165 e. The Labute approximate surface area is 156 Å². The van der Waals surface area contributed by atoms with Crippen LogP contribution in [0.2, 0.25) is 25.7 Å². The van der Waals surface area contributed by atoms with E-state index in [2.05, 4.69) is 54.1 Å². The van der Waals surface area contributed by atoms with Gasteiger partial charge in [-0.2, -0.15) is 0 Å². The molecule has 0 radical (unpaired) electrons. The van der Waals surface area contributed by atoms with Crippen molar-refractivity contribution in [2.24, 2.45) is 0 Å². The number of carbonyl (C=O) groups excluding carboxylic acids is 1. The minimum absolute atomic E-state index is 0.403. The second-order valence-corrected chi connectivity index (χ2v) is 14.0. The number of nitrogens with zero attached hydrogens (tertiary/aromatic N) is 3. The predicted molar refractivity (Wildman–Crippen MR) is 106 cm³/mol. The fourth-order valence-corrected chi connectivity index (χ4v) is 4.05. The molecule has 2 aromatic rings. The molecule has 1 aromatic carbocycles. The van der Waals surface area contributed by atoms with Gasteiger partial charge in [0.25, 0.3) is 0 Å². The highest BCUT2D eigenvalue weighted by Gasteiger charge is 2.20. The molecule has 140 valence electrons. The van der Waals surface area contributed by atoms with Crippen LogP contribution in [0.1, 0.15) is 37.2 Å². The van der Waals surface area contributed by atoms with Crippen molar-refractivity contribution >= 4 is 13.9 Å². The highest BCUT2D eigenvalue weighted by Crippen LogP contribution is 2.32. The van der Waals surface area contributed by atoms with Crippen LogP contribution in [-0.4, -0.2) is 35.2 Å². The molecule has 0 aliphatic heterocycles. The van der Waals surface area contributed by atoms with Gasteiger partial charge in [0.15, 0.2) is 5.82 Å². The van der Waals surface area contributed by atoms with E-state index < -0.39 is 8.07 Å². The first kappa shape index (κ1) is 19.0. The standard InChI is InChI=1S/C20H29N3O2Si/c1-26(2,3)13-12-25-15-23-14-21-22-20(23)18-6-4-16(5-7-18)17-8-10-19(24)11-9-17/h4-7,14,17H,8-13,15H2,1-3H3. The quantitative estimate of drug-likeness (QED) is 0.532. The van der Waals surface area contributed by atoms with E-state index in [1.807, 2.05) is 4.57 Å². The first-order chi connectivity index (χ1) is 12.4. The van der Waals surface area contributed by atoms with Crippen molar-refractivity contribution in [1.82, 2.24) is 14.8 Å². The number of rotatable bonds is 7. The average molecular weight is 372 g/mol. The van der Waals surface area contributed by atoms with Gasteiger partial charge in [0.2, 0.25) is 0 Å². The summed E-state index contributed by atoms with van der Waals surface area (Å²) in [7, 11) is -1.07. The molecule has 0 atom stereocenters. The van der Waals surface area contributed by atoms with Gasteiger partial charge in [0.05, 0.1) is 0 Å². The van der Waals surface area contributed by atoms with E-state index >= 15 is 0 Å². The highest BCUT2D eigenvalue weighted by atomic mass is 28.3. The molecule has 1 aromatic heterocycles. The Bertz CT molecular complexity index is 724. The van der Waals surface area contributed by atoms with E-state index in [1.54, 1.807) is 6.33 Å². The molecule has 1 fully saturated rings. The van der Waals surface area contributed by atoms with E-state index in [4.69, 9.17) is 4.74 Å². The summed E-state index contributed by atoms with van der Waals surface area (Å²) in [5, 5.41) is 8.31. The van der Waals surface area contributed by atoms with Gasteiger partial charge in [-0.25, -0.2) is 0 Å². The molecule has 1 aliphatic carbocycles. The van der Waals surface area contributed by atoms with Crippen molar-refractivity contribution in [1.29, 1.82) is 0 Å². The monoisotopic (exact) mass is 371 g/mol. The normalized spacial score (nSPS) is 16.2. The molecular weight excluding hydrogens is 342 g/mol. The van der Waals surface area contributed by atoms with Gasteiger partial charge < -0.3 is 4.74 Å². The maximum atomic E-state index is 11.4. The van der Waals surface area contributed by atoms with Gasteiger partial charge in [-0.1, -0.05) is 43.9 Å². The molecule has 1 saturated carbocycles. The Morgan fingerprint density at radius 3 is 2.50 bits per heavy atom. The molecule has 0 amide bonds. The fraction of sp³-hybridized carbons (Fsp3) is 0.550. The van der Waals surface area contributed by atoms with Crippen LogP contribution < -0.4 is 0 Å². The van der Waals surface area contributed by atoms with Gasteiger partial charge in [-0.05, 0) is 30.4 Å². The SMILES string of the molecule is C[Si](C)(C)CCOCn1cnnc1-c1ccc(C2CCC(=O)CC2)cc1. The molecule has 0 bridgehead atoms. The number of benzene rings is 1. The van der Waals surface area contributed by atoms with Crippen molar-refractivity contribution in [3.63, 3.8) is 0 Å². The van der Waals surface area contributed by atoms with Crippen LogP contribution in [0.5, 0.6) is 0 Å². The summed E-state index contributed by atoms with van der Waals surface area (Å²) in [6.07, 6.45) is 5.11. The van der Waals surface area contributed by atoms with Crippen LogP contribution in [-0.2, 0) is 16.3 Å². The first-order valence-electron chi connectivity index (χ1n) is 9.50. The third-order valence-electron chi connectivity index (χ3n) is 5.03. The summed E-state index contributed by atoms with van der Waals surface area (Å²) in [5.41, 5.74) is 2.37. The molecule has 26 heavy (non-hydrogen) atoms. The van der Waals surface area contributed by atoms with E-state index in [9.17, 15) is 4.79 Å². The van der Waals surface area contributed by atoms with E-state index in [-0.39, 0.29) is 0 Å². The van der Waals surface area contributed by atoms with E-state index in [1.165, 1.54) is 5.56 Å². The fourth-order valence-electron chi connectivity index (χ4n) is 3.29. The van der Waals surface area contributed by atoms with Crippen LogP contribution in [0.4, 0.5) is 0 Å². The number of ketones is 1. The Morgan fingerprint density at radius 1 is 1.15 bits per heavy atom. The molecule has 0 unspecified atom stereocenters. The van der Waals surface area contributed by atoms with Crippen LogP contribution in [0, 0.1) is 0 Å².